The minimum atomic E-state index is -0.177. The number of carbonyl (C=O) groups is 1. The van der Waals surface area contributed by atoms with E-state index < -0.39 is 0 Å². The topological polar surface area (TPSA) is 82.8 Å². The molecule has 0 aromatic heterocycles. The van der Waals surface area contributed by atoms with Gasteiger partial charge in [-0.05, 0) is 42.6 Å². The number of primary amides is 1. The summed E-state index contributed by atoms with van der Waals surface area (Å²) in [6.45, 7) is 4.18. The summed E-state index contributed by atoms with van der Waals surface area (Å²) in [5.74, 6) is 1.58. The Bertz CT molecular complexity index is 858. The molecule has 0 aliphatic carbocycles. The van der Waals surface area contributed by atoms with E-state index in [2.05, 4.69) is 69.1 Å². The van der Waals surface area contributed by atoms with Crippen molar-refractivity contribution in [3.8, 4) is 0 Å². The number of benzene rings is 2. The lowest BCUT2D eigenvalue weighted by Crippen LogP contribution is -2.40. The van der Waals surface area contributed by atoms with Gasteiger partial charge in [0.1, 0.15) is 0 Å². The van der Waals surface area contributed by atoms with Gasteiger partial charge in [-0.15, -0.1) is 11.8 Å². The van der Waals surface area contributed by atoms with Gasteiger partial charge in [0.2, 0.25) is 5.91 Å². The third-order valence-electron chi connectivity index (χ3n) is 5.40. The minimum absolute atomic E-state index is 0.0203. The van der Waals surface area contributed by atoms with Gasteiger partial charge >= 0.3 is 0 Å². The van der Waals surface area contributed by atoms with Crippen molar-refractivity contribution in [2.24, 2.45) is 16.6 Å². The fraction of sp³-hybridized carbons (Fsp3) is 0.417. The number of aliphatic imine (C=N–C) groups is 1. The summed E-state index contributed by atoms with van der Waals surface area (Å²) in [6, 6.07) is 19.0. The van der Waals surface area contributed by atoms with E-state index in [1.54, 1.807) is 7.05 Å². The molecule has 1 atom stereocenters. The summed E-state index contributed by atoms with van der Waals surface area (Å²) >= 11 is 1.83. The van der Waals surface area contributed by atoms with Gasteiger partial charge in [0.05, 0.1) is 5.92 Å². The molecule has 0 radical (unpaired) electrons. The normalized spacial score (nSPS) is 17.3. The highest BCUT2D eigenvalue weighted by molar-refractivity contribution is 7.99. The summed E-state index contributed by atoms with van der Waals surface area (Å²) in [5.41, 5.74) is 7.98. The van der Waals surface area contributed by atoms with E-state index in [4.69, 9.17) is 5.73 Å². The molecule has 2 aromatic carbocycles. The minimum Gasteiger partial charge on any atom is -0.369 e. The van der Waals surface area contributed by atoms with Gasteiger partial charge in [-0.2, -0.15) is 0 Å². The molecule has 7 heteroatoms. The van der Waals surface area contributed by atoms with E-state index in [-0.39, 0.29) is 11.8 Å². The molecule has 31 heavy (non-hydrogen) atoms. The van der Waals surface area contributed by atoms with Crippen molar-refractivity contribution < 1.29 is 4.79 Å². The van der Waals surface area contributed by atoms with Gasteiger partial charge in [-0.3, -0.25) is 14.7 Å². The first-order valence-corrected chi connectivity index (χ1v) is 11.8. The highest BCUT2D eigenvalue weighted by Gasteiger charge is 2.23. The van der Waals surface area contributed by atoms with Crippen LogP contribution in [0.3, 0.4) is 0 Å². The number of guanidine groups is 1. The maximum absolute atomic E-state index is 11.5. The van der Waals surface area contributed by atoms with Crippen LogP contribution in [0.25, 0.3) is 0 Å². The Morgan fingerprint density at radius 1 is 1.16 bits per heavy atom. The van der Waals surface area contributed by atoms with Crippen molar-refractivity contribution >= 4 is 23.6 Å². The van der Waals surface area contributed by atoms with Gasteiger partial charge in [-0.1, -0.05) is 42.5 Å². The number of carbonyl (C=O) groups excluding carboxylic acids is 1. The summed E-state index contributed by atoms with van der Waals surface area (Å²) in [4.78, 5) is 19.4. The number of rotatable bonds is 9. The average Bonchev–Trinajstić information content (AvgIpc) is 2.80. The zero-order chi connectivity index (χ0) is 21.9. The molecule has 1 saturated heterocycles. The first kappa shape index (κ1) is 23.2. The maximum atomic E-state index is 11.5. The Balaban J connectivity index is 1.42. The summed E-state index contributed by atoms with van der Waals surface area (Å²) < 4.78 is 0. The molecule has 3 rings (SSSR count). The molecule has 0 saturated carbocycles. The zero-order valence-electron chi connectivity index (χ0n) is 18.2. The molecule has 1 fully saturated rings. The van der Waals surface area contributed by atoms with Gasteiger partial charge in [0.15, 0.2) is 5.96 Å². The van der Waals surface area contributed by atoms with Gasteiger partial charge in [0, 0.05) is 43.9 Å². The second-order valence-corrected chi connectivity index (χ2v) is 8.98. The van der Waals surface area contributed by atoms with E-state index in [0.717, 1.165) is 50.7 Å². The van der Waals surface area contributed by atoms with Crippen LogP contribution in [0.1, 0.15) is 24.0 Å². The lowest BCUT2D eigenvalue weighted by molar-refractivity contribution is -0.123. The van der Waals surface area contributed by atoms with Crippen molar-refractivity contribution in [3.05, 3.63) is 65.7 Å². The molecule has 1 aliphatic heterocycles. The monoisotopic (exact) mass is 439 g/mol. The van der Waals surface area contributed by atoms with Crippen LogP contribution in [0.2, 0.25) is 0 Å². The van der Waals surface area contributed by atoms with Gasteiger partial charge in [-0.25, -0.2) is 0 Å². The quantitative estimate of drug-likeness (QED) is 0.242. The molecular weight excluding hydrogens is 406 g/mol. The molecule has 0 bridgehead atoms. The van der Waals surface area contributed by atoms with E-state index in [1.807, 2.05) is 17.8 Å². The predicted octanol–water partition coefficient (Wildman–Crippen LogP) is 2.84. The fourth-order valence-corrected chi connectivity index (χ4v) is 4.58. The molecule has 0 spiro atoms. The van der Waals surface area contributed by atoms with Crippen LogP contribution in [-0.4, -0.2) is 49.2 Å². The maximum Gasteiger partial charge on any atom is 0.221 e. The molecule has 166 valence electrons. The van der Waals surface area contributed by atoms with E-state index in [1.165, 1.54) is 16.0 Å². The zero-order valence-corrected chi connectivity index (χ0v) is 19.0. The molecule has 1 unspecified atom stereocenters. The predicted molar refractivity (Wildman–Crippen MR) is 129 cm³/mol. The number of piperidine rings is 1. The highest BCUT2D eigenvalue weighted by Crippen LogP contribution is 2.19. The Labute approximate surface area is 189 Å². The van der Waals surface area contributed by atoms with Gasteiger partial charge < -0.3 is 16.4 Å². The molecule has 1 aliphatic rings. The number of nitrogens with two attached hydrogens (primary N) is 1. The van der Waals surface area contributed by atoms with Crippen LogP contribution in [0.4, 0.5) is 0 Å². The van der Waals surface area contributed by atoms with Crippen LogP contribution in [-0.2, 0) is 17.9 Å². The molecule has 6 nitrogen and oxygen atoms in total. The second kappa shape index (κ2) is 12.4. The van der Waals surface area contributed by atoms with Crippen LogP contribution < -0.4 is 16.4 Å². The Morgan fingerprint density at radius 3 is 2.74 bits per heavy atom. The standard InChI is InChI=1S/C24H33N5OS/c1-26-24(27-12-14-31-22-10-3-2-4-11-22)28-16-19-7-5-8-20(15-19)17-29-13-6-9-21(18-29)23(25)30/h2-5,7-8,10-11,15,21H,6,9,12-14,16-18H2,1H3,(H2,25,30)(H2,26,27,28). The third kappa shape index (κ3) is 7.92. The number of amides is 1. The second-order valence-electron chi connectivity index (χ2n) is 7.81. The van der Waals surface area contributed by atoms with Crippen LogP contribution in [0, 0.1) is 5.92 Å². The first-order valence-electron chi connectivity index (χ1n) is 10.9. The Morgan fingerprint density at radius 2 is 1.97 bits per heavy atom. The highest BCUT2D eigenvalue weighted by atomic mass is 32.2. The molecular formula is C24H33N5OS. The fourth-order valence-electron chi connectivity index (χ4n) is 3.79. The number of thioether (sulfide) groups is 1. The molecule has 4 N–H and O–H groups in total. The Kier molecular flexibility index (Phi) is 9.24. The van der Waals surface area contributed by atoms with Crippen molar-refractivity contribution in [3.63, 3.8) is 0 Å². The number of hydrogen-bond donors (Lipinski definition) is 3. The van der Waals surface area contributed by atoms with Crippen molar-refractivity contribution in [2.75, 3.05) is 32.4 Å². The summed E-state index contributed by atoms with van der Waals surface area (Å²) in [7, 11) is 1.79. The number of nitrogens with one attached hydrogen (secondary N) is 2. The molecule has 1 amide bonds. The third-order valence-corrected chi connectivity index (χ3v) is 6.41. The van der Waals surface area contributed by atoms with Crippen molar-refractivity contribution in [2.45, 2.75) is 30.8 Å². The summed E-state index contributed by atoms with van der Waals surface area (Å²) in [6.07, 6.45) is 1.94. The van der Waals surface area contributed by atoms with E-state index in [0.29, 0.717) is 6.54 Å². The molecule has 2 aromatic rings. The van der Waals surface area contributed by atoms with Crippen molar-refractivity contribution in [1.29, 1.82) is 0 Å². The average molecular weight is 440 g/mol. The lowest BCUT2D eigenvalue weighted by Gasteiger charge is -2.31. The van der Waals surface area contributed by atoms with E-state index in [9.17, 15) is 4.79 Å². The smallest absolute Gasteiger partial charge is 0.221 e. The summed E-state index contributed by atoms with van der Waals surface area (Å²) in [5, 5.41) is 6.76. The molecule has 1 heterocycles. The number of nitrogens with zero attached hydrogens (tertiary/aromatic N) is 2. The number of hydrogen-bond acceptors (Lipinski definition) is 4. The van der Waals surface area contributed by atoms with Crippen LogP contribution in [0.15, 0.2) is 64.5 Å². The van der Waals surface area contributed by atoms with Crippen LogP contribution in [0.5, 0.6) is 0 Å². The largest absolute Gasteiger partial charge is 0.369 e. The van der Waals surface area contributed by atoms with E-state index >= 15 is 0 Å². The van der Waals surface area contributed by atoms with Crippen LogP contribution >= 0.6 is 11.8 Å². The number of likely N-dealkylation sites (tertiary alicyclic amines) is 1. The van der Waals surface area contributed by atoms with Gasteiger partial charge in [0.25, 0.3) is 0 Å². The first-order chi connectivity index (χ1) is 15.1. The Hall–Kier alpha value is -2.51. The lowest BCUT2D eigenvalue weighted by atomic mass is 9.97. The SMILES string of the molecule is CN=C(NCCSc1ccccc1)NCc1cccc(CN2CCCC(C(N)=O)C2)c1. The van der Waals surface area contributed by atoms with Crippen molar-refractivity contribution in [1.82, 2.24) is 15.5 Å².